The van der Waals surface area contributed by atoms with Crippen LogP contribution in [0, 0.1) is 0 Å². The van der Waals surface area contributed by atoms with Gasteiger partial charge in [0.25, 0.3) is 5.91 Å². The SMILES string of the molecule is CCOc1ccccc1-c1nnc(NC(=O)c2ccc(-n3cnnc3)cc2)s1. The average molecular weight is 392 g/mol. The molecule has 2 aromatic heterocycles. The highest BCUT2D eigenvalue weighted by Crippen LogP contribution is 2.33. The van der Waals surface area contributed by atoms with E-state index in [0.29, 0.717) is 22.3 Å². The van der Waals surface area contributed by atoms with Gasteiger partial charge in [0.15, 0.2) is 5.01 Å². The maximum Gasteiger partial charge on any atom is 0.257 e. The quantitative estimate of drug-likeness (QED) is 0.540. The zero-order valence-electron chi connectivity index (χ0n) is 14.9. The number of nitrogens with zero attached hydrogens (tertiary/aromatic N) is 5. The van der Waals surface area contributed by atoms with Crippen molar-refractivity contribution in [2.24, 2.45) is 0 Å². The van der Waals surface area contributed by atoms with Crippen LogP contribution in [0.25, 0.3) is 16.3 Å². The number of nitrogens with one attached hydrogen (secondary N) is 1. The zero-order chi connectivity index (χ0) is 19.3. The van der Waals surface area contributed by atoms with Crippen molar-refractivity contribution in [3.63, 3.8) is 0 Å². The lowest BCUT2D eigenvalue weighted by molar-refractivity contribution is 0.102. The van der Waals surface area contributed by atoms with Crippen LogP contribution in [0.5, 0.6) is 5.75 Å². The van der Waals surface area contributed by atoms with E-state index in [1.54, 1.807) is 29.4 Å². The summed E-state index contributed by atoms with van der Waals surface area (Å²) in [5.74, 6) is 0.486. The summed E-state index contributed by atoms with van der Waals surface area (Å²) >= 11 is 1.30. The van der Waals surface area contributed by atoms with Gasteiger partial charge in [-0.1, -0.05) is 23.5 Å². The van der Waals surface area contributed by atoms with Crippen molar-refractivity contribution in [1.29, 1.82) is 0 Å². The molecule has 0 aliphatic heterocycles. The van der Waals surface area contributed by atoms with Crippen LogP contribution >= 0.6 is 11.3 Å². The van der Waals surface area contributed by atoms with Crippen LogP contribution in [0.3, 0.4) is 0 Å². The van der Waals surface area contributed by atoms with Gasteiger partial charge in [-0.2, -0.15) is 0 Å². The number of anilines is 1. The van der Waals surface area contributed by atoms with Crippen molar-refractivity contribution in [1.82, 2.24) is 25.0 Å². The fraction of sp³-hybridized carbons (Fsp3) is 0.105. The third kappa shape index (κ3) is 3.74. The van der Waals surface area contributed by atoms with Crippen LogP contribution in [0.4, 0.5) is 5.13 Å². The molecule has 8 nitrogen and oxygen atoms in total. The van der Waals surface area contributed by atoms with Gasteiger partial charge in [0.2, 0.25) is 5.13 Å². The second kappa shape index (κ2) is 7.97. The van der Waals surface area contributed by atoms with Crippen LogP contribution in [0.2, 0.25) is 0 Å². The maximum absolute atomic E-state index is 12.5. The van der Waals surface area contributed by atoms with Gasteiger partial charge in [-0.25, -0.2) is 0 Å². The predicted molar refractivity (Wildman–Crippen MR) is 106 cm³/mol. The Hall–Kier alpha value is -3.59. The van der Waals surface area contributed by atoms with E-state index in [2.05, 4.69) is 25.7 Å². The van der Waals surface area contributed by atoms with Gasteiger partial charge in [0.05, 0.1) is 12.2 Å². The molecule has 0 radical (unpaired) electrons. The zero-order valence-corrected chi connectivity index (χ0v) is 15.8. The lowest BCUT2D eigenvalue weighted by atomic mass is 10.2. The van der Waals surface area contributed by atoms with Crippen LogP contribution in [0.1, 0.15) is 17.3 Å². The highest BCUT2D eigenvalue weighted by atomic mass is 32.1. The van der Waals surface area contributed by atoms with E-state index in [9.17, 15) is 4.79 Å². The second-order valence-corrected chi connectivity index (χ2v) is 6.69. The Morgan fingerprint density at radius 1 is 1.07 bits per heavy atom. The van der Waals surface area contributed by atoms with E-state index in [1.165, 1.54) is 11.3 Å². The van der Waals surface area contributed by atoms with Crippen molar-refractivity contribution in [2.45, 2.75) is 6.92 Å². The minimum absolute atomic E-state index is 0.254. The largest absolute Gasteiger partial charge is 0.493 e. The summed E-state index contributed by atoms with van der Waals surface area (Å²) in [5, 5.41) is 19.7. The molecular weight excluding hydrogens is 376 g/mol. The molecule has 0 atom stereocenters. The number of hydrogen-bond donors (Lipinski definition) is 1. The third-order valence-corrected chi connectivity index (χ3v) is 4.78. The predicted octanol–water partition coefficient (Wildman–Crippen LogP) is 3.44. The number of rotatable bonds is 6. The number of ether oxygens (including phenoxy) is 1. The van der Waals surface area contributed by atoms with E-state index < -0.39 is 0 Å². The Kier molecular flexibility index (Phi) is 5.07. The molecule has 2 heterocycles. The molecule has 1 N–H and O–H groups in total. The van der Waals surface area contributed by atoms with Crippen molar-refractivity contribution in [3.05, 3.63) is 66.7 Å². The average Bonchev–Trinajstić information content (AvgIpc) is 3.41. The molecule has 140 valence electrons. The van der Waals surface area contributed by atoms with Gasteiger partial charge in [0.1, 0.15) is 18.4 Å². The summed E-state index contributed by atoms with van der Waals surface area (Å²) < 4.78 is 7.39. The number of hydrogen-bond acceptors (Lipinski definition) is 7. The Morgan fingerprint density at radius 2 is 1.82 bits per heavy atom. The number of carbonyl (C=O) groups is 1. The van der Waals surface area contributed by atoms with E-state index in [0.717, 1.165) is 17.0 Å². The first-order valence-electron chi connectivity index (χ1n) is 8.56. The van der Waals surface area contributed by atoms with Gasteiger partial charge in [-0.05, 0) is 43.3 Å². The molecule has 0 fully saturated rings. The Bertz CT molecular complexity index is 1080. The van der Waals surface area contributed by atoms with E-state index in [-0.39, 0.29) is 5.91 Å². The minimum Gasteiger partial charge on any atom is -0.493 e. The molecule has 0 aliphatic rings. The Morgan fingerprint density at radius 3 is 2.57 bits per heavy atom. The summed E-state index contributed by atoms with van der Waals surface area (Å²) in [6, 6.07) is 14.7. The maximum atomic E-state index is 12.5. The standard InChI is InChI=1S/C19H16N6O2S/c1-2-27-16-6-4-3-5-15(16)18-23-24-19(28-18)22-17(26)13-7-9-14(10-8-13)25-11-20-21-12-25/h3-12H,2H2,1H3,(H,22,24,26). The molecule has 0 unspecified atom stereocenters. The summed E-state index contributed by atoms with van der Waals surface area (Å²) in [7, 11) is 0. The molecule has 4 aromatic rings. The first-order valence-corrected chi connectivity index (χ1v) is 9.38. The van der Waals surface area contributed by atoms with E-state index in [1.807, 2.05) is 43.3 Å². The Labute approximate surface area is 164 Å². The minimum atomic E-state index is -0.254. The topological polar surface area (TPSA) is 94.8 Å². The van der Waals surface area contributed by atoms with Crippen LogP contribution < -0.4 is 10.1 Å². The first kappa shape index (κ1) is 17.8. The van der Waals surface area contributed by atoms with Crippen LogP contribution in [-0.4, -0.2) is 37.5 Å². The number of para-hydroxylation sites is 1. The molecule has 1 amide bonds. The van der Waals surface area contributed by atoms with Crippen molar-refractivity contribution in [3.8, 4) is 22.0 Å². The van der Waals surface area contributed by atoms with Gasteiger partial charge >= 0.3 is 0 Å². The molecule has 0 saturated carbocycles. The summed E-state index contributed by atoms with van der Waals surface area (Å²) in [6.45, 7) is 2.49. The van der Waals surface area contributed by atoms with Crippen LogP contribution in [-0.2, 0) is 0 Å². The molecule has 0 bridgehead atoms. The normalized spacial score (nSPS) is 10.6. The lowest BCUT2D eigenvalue weighted by Crippen LogP contribution is -2.11. The third-order valence-electron chi connectivity index (χ3n) is 3.91. The van der Waals surface area contributed by atoms with E-state index >= 15 is 0 Å². The highest BCUT2D eigenvalue weighted by Gasteiger charge is 2.14. The summed E-state index contributed by atoms with van der Waals surface area (Å²) in [5.41, 5.74) is 2.23. The molecule has 0 aliphatic carbocycles. The summed E-state index contributed by atoms with van der Waals surface area (Å²) in [6.07, 6.45) is 3.19. The van der Waals surface area contributed by atoms with Crippen LogP contribution in [0.15, 0.2) is 61.2 Å². The number of aromatic nitrogens is 5. The molecule has 0 saturated heterocycles. The smallest absolute Gasteiger partial charge is 0.257 e. The molecule has 0 spiro atoms. The first-order chi connectivity index (χ1) is 13.7. The number of amides is 1. The second-order valence-electron chi connectivity index (χ2n) is 5.71. The number of benzene rings is 2. The molecule has 4 rings (SSSR count). The van der Waals surface area contributed by atoms with Crippen molar-refractivity contribution in [2.75, 3.05) is 11.9 Å². The fourth-order valence-electron chi connectivity index (χ4n) is 2.60. The molecule has 28 heavy (non-hydrogen) atoms. The van der Waals surface area contributed by atoms with Gasteiger partial charge in [-0.15, -0.1) is 20.4 Å². The van der Waals surface area contributed by atoms with E-state index in [4.69, 9.17) is 4.74 Å². The van der Waals surface area contributed by atoms with Gasteiger partial charge in [0, 0.05) is 11.3 Å². The van der Waals surface area contributed by atoms with Gasteiger partial charge < -0.3 is 4.74 Å². The fourth-order valence-corrected chi connectivity index (χ4v) is 3.36. The molecule has 9 heteroatoms. The van der Waals surface area contributed by atoms with Crippen molar-refractivity contribution >= 4 is 22.4 Å². The van der Waals surface area contributed by atoms with Crippen molar-refractivity contribution < 1.29 is 9.53 Å². The Balaban J connectivity index is 1.49. The molecular formula is C19H16N6O2S. The number of carbonyl (C=O) groups excluding carboxylic acids is 1. The summed E-state index contributed by atoms with van der Waals surface area (Å²) in [4.78, 5) is 12.5. The lowest BCUT2D eigenvalue weighted by Gasteiger charge is -2.06. The highest BCUT2D eigenvalue weighted by molar-refractivity contribution is 7.18. The monoisotopic (exact) mass is 392 g/mol. The van der Waals surface area contributed by atoms with Gasteiger partial charge in [-0.3, -0.25) is 14.7 Å². The molecule has 2 aromatic carbocycles.